The molecule has 2 heterocycles. The van der Waals surface area contributed by atoms with Crippen molar-refractivity contribution in [3.05, 3.63) is 82.0 Å². The van der Waals surface area contributed by atoms with Crippen LogP contribution in [0.15, 0.2) is 66.0 Å². The van der Waals surface area contributed by atoms with Crippen molar-refractivity contribution in [1.29, 1.82) is 0 Å². The molecule has 2 unspecified atom stereocenters. The summed E-state index contributed by atoms with van der Waals surface area (Å²) < 4.78 is 0. The van der Waals surface area contributed by atoms with Crippen LogP contribution in [-0.2, 0) is 4.79 Å². The predicted molar refractivity (Wildman–Crippen MR) is 129 cm³/mol. The van der Waals surface area contributed by atoms with Crippen LogP contribution in [0.3, 0.4) is 0 Å². The average Bonchev–Trinajstić information content (AvgIpc) is 3.50. The molecule has 4 nitrogen and oxygen atoms in total. The first-order valence-electron chi connectivity index (χ1n) is 11.4. The number of carbonyl (C=O) groups excluding carboxylic acids is 2. The molecule has 2 aromatic carbocycles. The van der Waals surface area contributed by atoms with E-state index in [2.05, 4.69) is 60.4 Å². The van der Waals surface area contributed by atoms with Crippen LogP contribution in [-0.4, -0.2) is 53.7 Å². The molecule has 32 heavy (non-hydrogen) atoms. The van der Waals surface area contributed by atoms with E-state index in [4.69, 9.17) is 0 Å². The van der Waals surface area contributed by atoms with Crippen LogP contribution in [0.2, 0.25) is 0 Å². The van der Waals surface area contributed by atoms with Crippen molar-refractivity contribution in [2.45, 2.75) is 31.7 Å². The minimum absolute atomic E-state index is 0.0169. The highest BCUT2D eigenvalue weighted by Gasteiger charge is 2.38. The minimum Gasteiger partial charge on any atom is -0.335 e. The second-order valence-electron chi connectivity index (χ2n) is 8.85. The summed E-state index contributed by atoms with van der Waals surface area (Å²) >= 11 is 1.50. The lowest BCUT2D eigenvalue weighted by atomic mass is 9.93. The molecule has 3 aromatic rings. The third-order valence-corrected chi connectivity index (χ3v) is 7.81. The summed E-state index contributed by atoms with van der Waals surface area (Å²) in [5.74, 6) is 0.459. The van der Waals surface area contributed by atoms with Crippen LogP contribution in [0, 0.1) is 6.92 Å². The number of hydrogen-bond acceptors (Lipinski definition) is 4. The molecule has 5 heteroatoms. The number of benzene rings is 2. The number of hydrogen-bond donors (Lipinski definition) is 0. The summed E-state index contributed by atoms with van der Waals surface area (Å²) in [6.07, 6.45) is 1.49. The number of amides is 1. The van der Waals surface area contributed by atoms with Crippen molar-refractivity contribution in [3.63, 3.8) is 0 Å². The third kappa shape index (κ3) is 4.15. The lowest BCUT2D eigenvalue weighted by Crippen LogP contribution is -2.51. The lowest BCUT2D eigenvalue weighted by molar-refractivity contribution is -0.118. The fraction of sp³-hybridized carbons (Fsp3) is 0.333. The first-order chi connectivity index (χ1) is 15.6. The van der Waals surface area contributed by atoms with Gasteiger partial charge in [-0.05, 0) is 47.0 Å². The number of piperazine rings is 1. The van der Waals surface area contributed by atoms with E-state index in [1.54, 1.807) is 0 Å². The largest absolute Gasteiger partial charge is 0.335 e. The number of carbonyl (C=O) groups is 2. The van der Waals surface area contributed by atoms with Gasteiger partial charge < -0.3 is 4.90 Å². The maximum Gasteiger partial charge on any atom is 0.264 e. The molecule has 1 saturated heterocycles. The van der Waals surface area contributed by atoms with Gasteiger partial charge in [-0.25, -0.2) is 0 Å². The molecule has 5 rings (SSSR count). The van der Waals surface area contributed by atoms with E-state index in [1.165, 1.54) is 28.0 Å². The SMILES string of the molecule is Cc1ccccc1-c1ccc(C2CC(N3CCN(C(=O)c4cccs4)CC3)CC2=O)cc1. The monoisotopic (exact) mass is 444 g/mol. The molecule has 2 fully saturated rings. The van der Waals surface area contributed by atoms with Gasteiger partial charge in [-0.15, -0.1) is 11.3 Å². The van der Waals surface area contributed by atoms with Gasteiger partial charge >= 0.3 is 0 Å². The van der Waals surface area contributed by atoms with Gasteiger partial charge in [0.2, 0.25) is 0 Å². The van der Waals surface area contributed by atoms with Gasteiger partial charge in [0.25, 0.3) is 5.91 Å². The molecule has 1 saturated carbocycles. The molecule has 1 amide bonds. The highest BCUT2D eigenvalue weighted by molar-refractivity contribution is 7.12. The number of thiophene rings is 1. The maximum atomic E-state index is 12.9. The van der Waals surface area contributed by atoms with Gasteiger partial charge in [-0.2, -0.15) is 0 Å². The van der Waals surface area contributed by atoms with Gasteiger partial charge in [0.15, 0.2) is 0 Å². The van der Waals surface area contributed by atoms with Crippen molar-refractivity contribution in [2.75, 3.05) is 26.2 Å². The molecule has 1 aromatic heterocycles. The molecular weight excluding hydrogens is 416 g/mol. The van der Waals surface area contributed by atoms with E-state index in [9.17, 15) is 9.59 Å². The Morgan fingerprint density at radius 1 is 0.938 bits per heavy atom. The Kier molecular flexibility index (Phi) is 5.94. The topological polar surface area (TPSA) is 40.6 Å². The number of nitrogens with zero attached hydrogens (tertiary/aromatic N) is 2. The second-order valence-corrected chi connectivity index (χ2v) is 9.80. The summed E-state index contributed by atoms with van der Waals surface area (Å²) in [6.45, 7) is 5.28. The Labute approximate surface area is 193 Å². The highest BCUT2D eigenvalue weighted by Crippen LogP contribution is 2.36. The molecule has 0 bridgehead atoms. The Morgan fingerprint density at radius 3 is 2.38 bits per heavy atom. The molecule has 2 atom stereocenters. The minimum atomic E-state index is -0.0169. The van der Waals surface area contributed by atoms with E-state index in [0.717, 1.165) is 43.0 Å². The van der Waals surface area contributed by atoms with E-state index < -0.39 is 0 Å². The maximum absolute atomic E-state index is 12.9. The number of rotatable bonds is 4. The number of Topliss-reactive ketones (excluding diaryl/α,β-unsaturated/α-hetero) is 1. The van der Waals surface area contributed by atoms with Crippen molar-refractivity contribution in [1.82, 2.24) is 9.80 Å². The zero-order chi connectivity index (χ0) is 22.1. The Morgan fingerprint density at radius 2 is 1.69 bits per heavy atom. The van der Waals surface area contributed by atoms with Gasteiger partial charge in [-0.3, -0.25) is 14.5 Å². The Bertz CT molecular complexity index is 1100. The summed E-state index contributed by atoms with van der Waals surface area (Å²) in [5.41, 5.74) is 4.82. The highest BCUT2D eigenvalue weighted by atomic mass is 32.1. The van der Waals surface area contributed by atoms with E-state index in [1.807, 2.05) is 22.4 Å². The van der Waals surface area contributed by atoms with E-state index >= 15 is 0 Å². The molecule has 164 valence electrons. The van der Waals surface area contributed by atoms with Crippen LogP contribution in [0.1, 0.15) is 39.6 Å². The molecule has 0 radical (unpaired) electrons. The van der Waals surface area contributed by atoms with Crippen molar-refractivity contribution >= 4 is 23.0 Å². The Hall–Kier alpha value is -2.76. The second kappa shape index (κ2) is 9.00. The fourth-order valence-electron chi connectivity index (χ4n) is 5.10. The number of ketones is 1. The van der Waals surface area contributed by atoms with Crippen LogP contribution < -0.4 is 0 Å². The summed E-state index contributed by atoms with van der Waals surface area (Å²) in [6, 6.07) is 21.0. The summed E-state index contributed by atoms with van der Waals surface area (Å²) in [4.78, 5) is 30.6. The van der Waals surface area contributed by atoms with E-state index in [-0.39, 0.29) is 17.9 Å². The van der Waals surface area contributed by atoms with Crippen molar-refractivity contribution in [2.24, 2.45) is 0 Å². The zero-order valence-corrected chi connectivity index (χ0v) is 19.2. The lowest BCUT2D eigenvalue weighted by Gasteiger charge is -2.37. The van der Waals surface area contributed by atoms with Crippen molar-refractivity contribution in [3.8, 4) is 11.1 Å². The smallest absolute Gasteiger partial charge is 0.264 e. The normalized spacial score (nSPS) is 21.8. The van der Waals surface area contributed by atoms with Crippen molar-refractivity contribution < 1.29 is 9.59 Å². The third-order valence-electron chi connectivity index (χ3n) is 6.95. The molecule has 2 aliphatic rings. The Balaban J connectivity index is 1.21. The van der Waals surface area contributed by atoms with E-state index in [0.29, 0.717) is 12.2 Å². The number of aryl methyl sites for hydroxylation is 1. The van der Waals surface area contributed by atoms with Crippen LogP contribution >= 0.6 is 11.3 Å². The van der Waals surface area contributed by atoms with Gasteiger partial charge in [-0.1, -0.05) is 54.6 Å². The molecule has 1 aliphatic carbocycles. The van der Waals surface area contributed by atoms with Gasteiger partial charge in [0.05, 0.1) is 4.88 Å². The molecular formula is C27H28N2O2S. The average molecular weight is 445 g/mol. The van der Waals surface area contributed by atoms with Crippen LogP contribution in [0.5, 0.6) is 0 Å². The molecule has 0 spiro atoms. The first-order valence-corrected chi connectivity index (χ1v) is 12.2. The van der Waals surface area contributed by atoms with Gasteiger partial charge in [0.1, 0.15) is 5.78 Å². The summed E-state index contributed by atoms with van der Waals surface area (Å²) in [5, 5.41) is 1.95. The predicted octanol–water partition coefficient (Wildman–Crippen LogP) is 5.00. The van der Waals surface area contributed by atoms with Gasteiger partial charge in [0, 0.05) is 44.6 Å². The zero-order valence-electron chi connectivity index (χ0n) is 18.4. The fourth-order valence-corrected chi connectivity index (χ4v) is 5.79. The molecule has 1 aliphatic heterocycles. The van der Waals surface area contributed by atoms with Crippen LogP contribution in [0.25, 0.3) is 11.1 Å². The standard InChI is InChI=1S/C27H28N2O2S/c1-19-5-2-3-6-23(19)20-8-10-21(11-9-20)24-17-22(18-25(24)30)28-12-14-29(15-13-28)27(31)26-7-4-16-32-26/h2-11,16,22,24H,12-15,17-18H2,1H3. The first kappa shape index (κ1) is 21.1. The molecule has 0 N–H and O–H groups in total. The summed E-state index contributed by atoms with van der Waals surface area (Å²) in [7, 11) is 0. The quantitative estimate of drug-likeness (QED) is 0.569. The van der Waals surface area contributed by atoms with Crippen LogP contribution in [0.4, 0.5) is 0 Å².